The number of ether oxygens (including phenoxy) is 1. The molecule has 0 spiro atoms. The number of hydrogen-bond donors (Lipinski definition) is 2. The van der Waals surface area contributed by atoms with Gasteiger partial charge in [-0.25, -0.2) is 5.43 Å². The third kappa shape index (κ3) is 4.64. The molecule has 0 atom stereocenters. The average Bonchev–Trinajstić information content (AvgIpc) is 2.85. The van der Waals surface area contributed by atoms with Gasteiger partial charge in [0, 0.05) is 5.56 Å². The predicted molar refractivity (Wildman–Crippen MR) is 131 cm³/mol. The first kappa shape index (κ1) is 22.2. The molecule has 5 nitrogen and oxygen atoms in total. The van der Waals surface area contributed by atoms with Gasteiger partial charge in [0.05, 0.1) is 12.3 Å². The van der Waals surface area contributed by atoms with Crippen LogP contribution in [-0.4, -0.2) is 23.3 Å². The monoisotopic (exact) mass is 438 g/mol. The molecule has 0 bridgehead atoms. The Morgan fingerprint density at radius 1 is 0.879 bits per heavy atom. The summed E-state index contributed by atoms with van der Waals surface area (Å²) in [4.78, 5) is 13.3. The number of hydrogen-bond acceptors (Lipinski definition) is 4. The molecule has 0 radical (unpaired) electrons. The van der Waals surface area contributed by atoms with Gasteiger partial charge in [-0.05, 0) is 41.8 Å². The summed E-state index contributed by atoms with van der Waals surface area (Å²) >= 11 is 0. The molecule has 166 valence electrons. The molecule has 33 heavy (non-hydrogen) atoms. The minimum Gasteiger partial charge on any atom is -0.490 e. The Morgan fingerprint density at radius 3 is 2.06 bits per heavy atom. The topological polar surface area (TPSA) is 70.9 Å². The van der Waals surface area contributed by atoms with E-state index in [0.717, 1.165) is 16.3 Å². The summed E-state index contributed by atoms with van der Waals surface area (Å²) in [7, 11) is 0. The van der Waals surface area contributed by atoms with Crippen molar-refractivity contribution in [2.24, 2.45) is 5.10 Å². The van der Waals surface area contributed by atoms with Gasteiger partial charge in [0.25, 0.3) is 5.91 Å². The fourth-order valence-electron chi connectivity index (χ4n) is 3.79. The van der Waals surface area contributed by atoms with Crippen LogP contribution in [0, 0.1) is 0 Å². The molecule has 0 aliphatic rings. The summed E-state index contributed by atoms with van der Waals surface area (Å²) in [5, 5.41) is 17.8. The van der Waals surface area contributed by atoms with Gasteiger partial charge < -0.3 is 9.84 Å². The zero-order valence-electron chi connectivity index (χ0n) is 18.6. The van der Waals surface area contributed by atoms with E-state index in [4.69, 9.17) is 4.74 Å². The van der Waals surface area contributed by atoms with Crippen molar-refractivity contribution in [1.82, 2.24) is 5.43 Å². The molecule has 0 aliphatic carbocycles. The van der Waals surface area contributed by atoms with Crippen LogP contribution in [0.15, 0.2) is 102 Å². The molecule has 4 aromatic rings. The van der Waals surface area contributed by atoms with Crippen LogP contribution in [-0.2, 0) is 10.4 Å². The number of carbonyl (C=O) groups excluding carboxylic acids is 1. The fourth-order valence-corrected chi connectivity index (χ4v) is 3.79. The van der Waals surface area contributed by atoms with Crippen molar-refractivity contribution in [3.05, 3.63) is 114 Å². The van der Waals surface area contributed by atoms with Gasteiger partial charge in [0.1, 0.15) is 5.75 Å². The van der Waals surface area contributed by atoms with E-state index in [2.05, 4.69) is 10.5 Å². The molecule has 5 heteroatoms. The van der Waals surface area contributed by atoms with E-state index in [9.17, 15) is 9.90 Å². The highest BCUT2D eigenvalue weighted by Crippen LogP contribution is 2.30. The van der Waals surface area contributed by atoms with Gasteiger partial charge in [-0.3, -0.25) is 4.79 Å². The number of fused-ring (bicyclic) bond motifs is 1. The molecule has 0 fully saturated rings. The number of carbonyl (C=O) groups is 1. The summed E-state index contributed by atoms with van der Waals surface area (Å²) in [6.07, 6.45) is 1.54. The fraction of sp³-hybridized carbons (Fsp3) is 0.143. The minimum absolute atomic E-state index is 0.0193. The SMILES string of the molecule is CC(C)Oc1ccc2ccccc2c1C=NNC(=O)C(O)(c1ccccc1)c1ccccc1. The van der Waals surface area contributed by atoms with E-state index in [1.165, 1.54) is 0 Å². The van der Waals surface area contributed by atoms with Crippen LogP contribution in [0.25, 0.3) is 10.8 Å². The molecule has 0 heterocycles. The van der Waals surface area contributed by atoms with Gasteiger partial charge in [-0.2, -0.15) is 5.10 Å². The first-order chi connectivity index (χ1) is 16.0. The second-order valence-electron chi connectivity index (χ2n) is 8.01. The minimum atomic E-state index is -1.89. The molecule has 0 saturated heterocycles. The number of nitrogens with one attached hydrogen (secondary N) is 1. The molecule has 0 saturated carbocycles. The van der Waals surface area contributed by atoms with Crippen LogP contribution < -0.4 is 10.2 Å². The Labute approximate surface area is 193 Å². The lowest BCUT2D eigenvalue weighted by molar-refractivity contribution is -0.136. The van der Waals surface area contributed by atoms with Crippen molar-refractivity contribution >= 4 is 22.9 Å². The normalized spacial score (nSPS) is 11.8. The van der Waals surface area contributed by atoms with Gasteiger partial charge in [0.15, 0.2) is 5.60 Å². The Kier molecular flexibility index (Phi) is 6.52. The number of rotatable bonds is 7. The summed E-state index contributed by atoms with van der Waals surface area (Å²) in [5.74, 6) is 0.0193. The Morgan fingerprint density at radius 2 is 1.45 bits per heavy atom. The van der Waals surface area contributed by atoms with Crippen molar-refractivity contribution < 1.29 is 14.6 Å². The zero-order chi connectivity index (χ0) is 23.3. The van der Waals surface area contributed by atoms with Crippen LogP contribution in [0.1, 0.15) is 30.5 Å². The van der Waals surface area contributed by atoms with Crippen molar-refractivity contribution in [3.8, 4) is 5.75 Å². The van der Waals surface area contributed by atoms with E-state index in [-0.39, 0.29) is 6.10 Å². The molecular weight excluding hydrogens is 412 g/mol. The summed E-state index contributed by atoms with van der Waals surface area (Å²) < 4.78 is 5.96. The summed E-state index contributed by atoms with van der Waals surface area (Å²) in [6.45, 7) is 3.91. The Hall–Kier alpha value is -3.96. The standard InChI is InChI=1S/C28H26N2O3/c1-20(2)33-26-18-17-21-11-9-10-16-24(21)25(26)19-29-30-27(31)28(32,22-12-5-3-6-13-22)23-14-7-4-8-15-23/h3-20,32H,1-2H3,(H,30,31). The second-order valence-corrected chi connectivity index (χ2v) is 8.01. The van der Waals surface area contributed by atoms with E-state index in [1.807, 2.05) is 62.4 Å². The number of aliphatic hydroxyl groups is 1. The van der Waals surface area contributed by atoms with E-state index in [1.54, 1.807) is 54.7 Å². The molecule has 2 N–H and O–H groups in total. The van der Waals surface area contributed by atoms with Crippen LogP contribution >= 0.6 is 0 Å². The number of benzene rings is 4. The molecule has 0 aliphatic heterocycles. The second kappa shape index (κ2) is 9.67. The highest BCUT2D eigenvalue weighted by molar-refractivity contribution is 6.03. The number of hydrazone groups is 1. The van der Waals surface area contributed by atoms with Crippen molar-refractivity contribution in [2.75, 3.05) is 0 Å². The van der Waals surface area contributed by atoms with E-state index >= 15 is 0 Å². The number of amides is 1. The average molecular weight is 439 g/mol. The highest BCUT2D eigenvalue weighted by atomic mass is 16.5. The summed E-state index contributed by atoms with van der Waals surface area (Å²) in [6, 6.07) is 29.5. The van der Waals surface area contributed by atoms with E-state index in [0.29, 0.717) is 16.9 Å². The number of nitrogens with zero attached hydrogens (tertiary/aromatic N) is 1. The molecule has 1 amide bonds. The molecule has 4 aromatic carbocycles. The van der Waals surface area contributed by atoms with Crippen LogP contribution in [0.2, 0.25) is 0 Å². The Balaban J connectivity index is 1.69. The van der Waals surface area contributed by atoms with Crippen LogP contribution in [0.5, 0.6) is 5.75 Å². The lowest BCUT2D eigenvalue weighted by atomic mass is 9.85. The quantitative estimate of drug-likeness (QED) is 0.315. The maximum Gasteiger partial charge on any atom is 0.281 e. The highest BCUT2D eigenvalue weighted by Gasteiger charge is 2.39. The third-order valence-electron chi connectivity index (χ3n) is 5.36. The summed E-state index contributed by atoms with van der Waals surface area (Å²) in [5.41, 5.74) is 2.31. The molecule has 0 unspecified atom stereocenters. The van der Waals surface area contributed by atoms with Crippen molar-refractivity contribution in [3.63, 3.8) is 0 Å². The molecule has 4 rings (SSSR count). The van der Waals surface area contributed by atoms with Gasteiger partial charge in [0.2, 0.25) is 0 Å². The molecular formula is C28H26N2O3. The maximum atomic E-state index is 13.3. The first-order valence-corrected chi connectivity index (χ1v) is 10.9. The first-order valence-electron chi connectivity index (χ1n) is 10.9. The van der Waals surface area contributed by atoms with Gasteiger partial charge >= 0.3 is 0 Å². The lowest BCUT2D eigenvalue weighted by Crippen LogP contribution is -2.43. The smallest absolute Gasteiger partial charge is 0.281 e. The van der Waals surface area contributed by atoms with E-state index < -0.39 is 11.5 Å². The Bertz CT molecular complexity index is 1230. The third-order valence-corrected chi connectivity index (χ3v) is 5.36. The van der Waals surface area contributed by atoms with Crippen LogP contribution in [0.3, 0.4) is 0 Å². The largest absolute Gasteiger partial charge is 0.490 e. The maximum absolute atomic E-state index is 13.3. The zero-order valence-corrected chi connectivity index (χ0v) is 18.6. The lowest BCUT2D eigenvalue weighted by Gasteiger charge is -2.27. The predicted octanol–water partition coefficient (Wildman–Crippen LogP) is 5.01. The van der Waals surface area contributed by atoms with Gasteiger partial charge in [-0.1, -0.05) is 91.0 Å². The van der Waals surface area contributed by atoms with Crippen molar-refractivity contribution in [2.45, 2.75) is 25.6 Å². The molecule has 0 aromatic heterocycles. The van der Waals surface area contributed by atoms with Crippen LogP contribution in [0.4, 0.5) is 0 Å². The van der Waals surface area contributed by atoms with Crippen molar-refractivity contribution in [1.29, 1.82) is 0 Å². The van der Waals surface area contributed by atoms with Gasteiger partial charge in [-0.15, -0.1) is 0 Å².